The molecule has 0 unspecified atom stereocenters. The molecule has 0 bridgehead atoms. The van der Waals surface area contributed by atoms with Crippen LogP contribution in [-0.4, -0.2) is 63.3 Å². The predicted octanol–water partition coefficient (Wildman–Crippen LogP) is 0.143. The maximum Gasteiger partial charge on any atom is 0.236 e. The highest BCUT2D eigenvalue weighted by Gasteiger charge is 2.22. The third-order valence-corrected chi connectivity index (χ3v) is 5.29. The Morgan fingerprint density at radius 2 is 1.95 bits per heavy atom. The highest BCUT2D eigenvalue weighted by Crippen LogP contribution is 2.16. The number of hydrogen-bond acceptors (Lipinski definition) is 5. The molecule has 1 saturated heterocycles. The summed E-state index contributed by atoms with van der Waals surface area (Å²) in [4.78, 5) is 6.12. The van der Waals surface area contributed by atoms with Gasteiger partial charge in [-0.15, -0.1) is 0 Å². The van der Waals surface area contributed by atoms with Crippen LogP contribution in [0.5, 0.6) is 0 Å². The van der Waals surface area contributed by atoms with Crippen molar-refractivity contribution >= 4 is 15.7 Å². The molecule has 0 atom stereocenters. The number of hydrogen-bond donors (Lipinski definition) is 1. The normalized spacial score (nSPS) is 17.1. The average molecular weight is 298 g/mol. The van der Waals surface area contributed by atoms with Crippen LogP contribution in [0.3, 0.4) is 0 Å². The Hall–Kier alpha value is -1.18. The molecule has 2 heterocycles. The van der Waals surface area contributed by atoms with Crippen LogP contribution in [0, 0.1) is 0 Å². The van der Waals surface area contributed by atoms with E-state index >= 15 is 0 Å². The first-order chi connectivity index (χ1) is 9.63. The Morgan fingerprint density at radius 3 is 2.55 bits per heavy atom. The molecule has 1 aromatic heterocycles. The Kier molecular flexibility index (Phi) is 5.33. The first-order valence-electron chi connectivity index (χ1n) is 6.97. The lowest BCUT2D eigenvalue weighted by atomic mass is 10.4. The summed E-state index contributed by atoms with van der Waals surface area (Å²) in [5, 5.41) is 3.26. The third-order valence-electron chi connectivity index (χ3n) is 3.45. The summed E-state index contributed by atoms with van der Waals surface area (Å²) in [5.41, 5.74) is 0.683. The smallest absolute Gasteiger partial charge is 0.236 e. The summed E-state index contributed by atoms with van der Waals surface area (Å²) in [5.74, 6) is 0.156. The number of rotatable bonds is 6. The van der Waals surface area contributed by atoms with E-state index in [0.717, 1.165) is 26.2 Å². The number of nitrogens with one attached hydrogen (secondary N) is 1. The van der Waals surface area contributed by atoms with Crippen LogP contribution in [-0.2, 0) is 10.0 Å². The molecule has 1 N–H and O–H groups in total. The summed E-state index contributed by atoms with van der Waals surface area (Å²) in [6, 6.07) is 3.46. The highest BCUT2D eigenvalue weighted by atomic mass is 32.2. The standard InChI is InChI=1S/C13H22N4O2S/c1-2-17(13-3-5-14-6-4-13)20(18,19)12-11-16-9-7-15-8-10-16/h3-6,15H,2,7-12H2,1H3. The van der Waals surface area contributed by atoms with Crippen LogP contribution in [0.4, 0.5) is 5.69 Å². The monoisotopic (exact) mass is 298 g/mol. The molecule has 112 valence electrons. The molecule has 0 aliphatic carbocycles. The molecule has 0 aromatic carbocycles. The van der Waals surface area contributed by atoms with E-state index < -0.39 is 10.0 Å². The molecule has 1 aliphatic rings. The molecule has 1 fully saturated rings. The van der Waals surface area contributed by atoms with E-state index in [2.05, 4.69) is 15.2 Å². The summed E-state index contributed by atoms with van der Waals surface area (Å²) in [6.07, 6.45) is 3.23. The Bertz CT molecular complexity index is 500. The van der Waals surface area contributed by atoms with Crippen LogP contribution in [0.2, 0.25) is 0 Å². The van der Waals surface area contributed by atoms with Gasteiger partial charge in [0.2, 0.25) is 10.0 Å². The van der Waals surface area contributed by atoms with Crippen molar-refractivity contribution in [2.75, 3.05) is 49.3 Å². The van der Waals surface area contributed by atoms with E-state index in [1.807, 2.05) is 6.92 Å². The van der Waals surface area contributed by atoms with Crippen LogP contribution in [0.1, 0.15) is 6.92 Å². The average Bonchev–Trinajstić information content (AvgIpc) is 2.48. The second-order valence-electron chi connectivity index (χ2n) is 4.78. The van der Waals surface area contributed by atoms with Crippen LogP contribution in [0.25, 0.3) is 0 Å². The van der Waals surface area contributed by atoms with E-state index in [1.165, 1.54) is 4.31 Å². The molecular formula is C13H22N4O2S. The van der Waals surface area contributed by atoms with Gasteiger partial charge < -0.3 is 5.32 Å². The van der Waals surface area contributed by atoms with Gasteiger partial charge in [-0.1, -0.05) is 0 Å². The number of pyridine rings is 1. The highest BCUT2D eigenvalue weighted by molar-refractivity contribution is 7.92. The summed E-state index contributed by atoms with van der Waals surface area (Å²) >= 11 is 0. The fourth-order valence-electron chi connectivity index (χ4n) is 2.34. The predicted molar refractivity (Wildman–Crippen MR) is 80.4 cm³/mol. The van der Waals surface area contributed by atoms with Gasteiger partial charge >= 0.3 is 0 Å². The van der Waals surface area contributed by atoms with E-state index in [4.69, 9.17) is 0 Å². The Morgan fingerprint density at radius 1 is 1.30 bits per heavy atom. The SMILES string of the molecule is CCN(c1ccncc1)S(=O)(=O)CCN1CCNCC1. The van der Waals surface area contributed by atoms with Gasteiger partial charge in [0.05, 0.1) is 11.4 Å². The zero-order chi connectivity index (χ0) is 14.4. The molecule has 1 aliphatic heterocycles. The van der Waals surface area contributed by atoms with Gasteiger partial charge in [-0.05, 0) is 19.1 Å². The molecule has 0 saturated carbocycles. The molecule has 1 aromatic rings. The number of sulfonamides is 1. The molecule has 2 rings (SSSR count). The first-order valence-corrected chi connectivity index (χ1v) is 8.58. The van der Waals surface area contributed by atoms with Crippen molar-refractivity contribution in [2.45, 2.75) is 6.92 Å². The molecule has 0 amide bonds. The zero-order valence-electron chi connectivity index (χ0n) is 11.8. The maximum atomic E-state index is 12.5. The van der Waals surface area contributed by atoms with Gasteiger partial charge in [0.15, 0.2) is 0 Å². The van der Waals surface area contributed by atoms with Crippen molar-refractivity contribution in [1.29, 1.82) is 0 Å². The number of anilines is 1. The minimum atomic E-state index is -3.28. The van der Waals surface area contributed by atoms with Crippen molar-refractivity contribution < 1.29 is 8.42 Å². The lowest BCUT2D eigenvalue weighted by Gasteiger charge is -2.29. The first kappa shape index (κ1) is 15.2. The lowest BCUT2D eigenvalue weighted by Crippen LogP contribution is -2.46. The van der Waals surface area contributed by atoms with E-state index in [0.29, 0.717) is 18.8 Å². The lowest BCUT2D eigenvalue weighted by molar-refractivity contribution is 0.254. The molecule has 7 heteroatoms. The van der Waals surface area contributed by atoms with Gasteiger partial charge in [-0.25, -0.2) is 8.42 Å². The third kappa shape index (κ3) is 3.91. The Labute approximate surface area is 120 Å². The second-order valence-corrected chi connectivity index (χ2v) is 6.79. The van der Waals surface area contributed by atoms with Gasteiger partial charge in [0.25, 0.3) is 0 Å². The van der Waals surface area contributed by atoms with Gasteiger partial charge in [-0.3, -0.25) is 14.2 Å². The molecule has 0 radical (unpaired) electrons. The van der Waals surface area contributed by atoms with E-state index in [1.54, 1.807) is 24.5 Å². The summed E-state index contributed by atoms with van der Waals surface area (Å²) < 4.78 is 26.4. The summed E-state index contributed by atoms with van der Waals surface area (Å²) in [7, 11) is -3.28. The largest absolute Gasteiger partial charge is 0.314 e. The Balaban J connectivity index is 2.00. The molecule has 20 heavy (non-hydrogen) atoms. The molecule has 0 spiro atoms. The van der Waals surface area contributed by atoms with Gasteiger partial charge in [0.1, 0.15) is 0 Å². The van der Waals surface area contributed by atoms with Crippen molar-refractivity contribution in [3.8, 4) is 0 Å². The molecular weight excluding hydrogens is 276 g/mol. The zero-order valence-corrected chi connectivity index (χ0v) is 12.6. The summed E-state index contributed by atoms with van der Waals surface area (Å²) in [6.45, 7) is 6.57. The van der Waals surface area contributed by atoms with Crippen molar-refractivity contribution in [1.82, 2.24) is 15.2 Å². The van der Waals surface area contributed by atoms with Gasteiger partial charge in [0, 0.05) is 51.7 Å². The minimum Gasteiger partial charge on any atom is -0.314 e. The fraction of sp³-hybridized carbons (Fsp3) is 0.615. The fourth-order valence-corrected chi connectivity index (χ4v) is 3.89. The number of nitrogens with zero attached hydrogens (tertiary/aromatic N) is 3. The van der Waals surface area contributed by atoms with Crippen molar-refractivity contribution in [3.05, 3.63) is 24.5 Å². The second kappa shape index (κ2) is 7.01. The van der Waals surface area contributed by atoms with Gasteiger partial charge in [-0.2, -0.15) is 0 Å². The van der Waals surface area contributed by atoms with Crippen molar-refractivity contribution in [3.63, 3.8) is 0 Å². The van der Waals surface area contributed by atoms with E-state index in [9.17, 15) is 8.42 Å². The number of piperazine rings is 1. The maximum absolute atomic E-state index is 12.5. The number of aromatic nitrogens is 1. The van der Waals surface area contributed by atoms with E-state index in [-0.39, 0.29) is 5.75 Å². The van der Waals surface area contributed by atoms with Crippen LogP contribution >= 0.6 is 0 Å². The molecule has 6 nitrogen and oxygen atoms in total. The van der Waals surface area contributed by atoms with Crippen LogP contribution < -0.4 is 9.62 Å². The van der Waals surface area contributed by atoms with Crippen LogP contribution in [0.15, 0.2) is 24.5 Å². The minimum absolute atomic E-state index is 0.156. The quantitative estimate of drug-likeness (QED) is 0.809. The van der Waals surface area contributed by atoms with Crippen molar-refractivity contribution in [2.24, 2.45) is 0 Å². The topological polar surface area (TPSA) is 65.5 Å².